The summed E-state index contributed by atoms with van der Waals surface area (Å²) in [5, 5.41) is 13.2. The van der Waals surface area contributed by atoms with Crippen LogP contribution in [0.25, 0.3) is 0 Å². The summed E-state index contributed by atoms with van der Waals surface area (Å²) in [6.45, 7) is 9.72. The number of phenols is 1. The van der Waals surface area contributed by atoms with E-state index in [2.05, 4.69) is 29.1 Å². The first-order chi connectivity index (χ1) is 11.0. The van der Waals surface area contributed by atoms with E-state index in [1.54, 1.807) is 6.07 Å². The average Bonchev–Trinajstić information content (AvgIpc) is 2.54. The van der Waals surface area contributed by atoms with Gasteiger partial charge in [-0.2, -0.15) is 11.8 Å². The van der Waals surface area contributed by atoms with Gasteiger partial charge in [-0.05, 0) is 30.5 Å². The van der Waals surface area contributed by atoms with Gasteiger partial charge in [0, 0.05) is 30.6 Å². The second-order valence-corrected chi connectivity index (χ2v) is 7.40. The Morgan fingerprint density at radius 2 is 2.25 bits per heavy atom. The van der Waals surface area contributed by atoms with Crippen LogP contribution in [0.5, 0.6) is 5.75 Å². The minimum Gasteiger partial charge on any atom is -0.505 e. The maximum Gasteiger partial charge on any atom is 0.194 e. The SMILES string of the molecule is CCNC(=NCc1ccc(O)c(F)c1)N1CCSC(C(C)C)C1.I. The van der Waals surface area contributed by atoms with Crippen LogP contribution < -0.4 is 5.32 Å². The summed E-state index contributed by atoms with van der Waals surface area (Å²) in [6.07, 6.45) is 0. The molecule has 7 heteroatoms. The molecule has 1 aliphatic heterocycles. The van der Waals surface area contributed by atoms with Gasteiger partial charge < -0.3 is 15.3 Å². The topological polar surface area (TPSA) is 47.9 Å². The summed E-state index contributed by atoms with van der Waals surface area (Å²) in [5.74, 6) is 1.69. The van der Waals surface area contributed by atoms with Crippen LogP contribution in [0.4, 0.5) is 4.39 Å². The molecule has 1 fully saturated rings. The number of hydrogen-bond acceptors (Lipinski definition) is 3. The fourth-order valence-electron chi connectivity index (χ4n) is 2.51. The molecular formula is C17H27FIN3OS. The highest BCUT2D eigenvalue weighted by Gasteiger charge is 2.24. The Balaban J connectivity index is 0.00000288. The number of aliphatic imine (C=N–C) groups is 1. The van der Waals surface area contributed by atoms with Crippen molar-refractivity contribution in [1.82, 2.24) is 10.2 Å². The molecule has 136 valence electrons. The smallest absolute Gasteiger partial charge is 0.194 e. The van der Waals surface area contributed by atoms with Crippen molar-refractivity contribution >= 4 is 41.7 Å². The zero-order valence-corrected chi connectivity index (χ0v) is 17.6. The molecule has 4 nitrogen and oxygen atoms in total. The molecular weight excluding hydrogens is 440 g/mol. The van der Waals surface area contributed by atoms with E-state index >= 15 is 0 Å². The van der Waals surface area contributed by atoms with Gasteiger partial charge in [-0.1, -0.05) is 19.9 Å². The van der Waals surface area contributed by atoms with Gasteiger partial charge >= 0.3 is 0 Å². The van der Waals surface area contributed by atoms with Gasteiger partial charge in [0.1, 0.15) is 0 Å². The molecule has 2 N–H and O–H groups in total. The molecule has 1 atom stereocenters. The molecule has 0 radical (unpaired) electrons. The van der Waals surface area contributed by atoms with Crippen molar-refractivity contribution in [3.63, 3.8) is 0 Å². The Kier molecular flexibility index (Phi) is 9.18. The predicted molar refractivity (Wildman–Crippen MR) is 111 cm³/mol. The van der Waals surface area contributed by atoms with Crippen LogP contribution in [0, 0.1) is 11.7 Å². The van der Waals surface area contributed by atoms with Crippen molar-refractivity contribution in [2.75, 3.05) is 25.4 Å². The zero-order chi connectivity index (χ0) is 16.8. The Morgan fingerprint density at radius 1 is 1.50 bits per heavy atom. The Labute approximate surface area is 165 Å². The molecule has 24 heavy (non-hydrogen) atoms. The van der Waals surface area contributed by atoms with Crippen LogP contribution in [-0.2, 0) is 6.54 Å². The Bertz CT molecular complexity index is 557. The van der Waals surface area contributed by atoms with E-state index in [1.807, 2.05) is 18.7 Å². The lowest BCUT2D eigenvalue weighted by molar-refractivity contribution is 0.381. The Hall–Kier alpha value is -0.700. The standard InChI is InChI=1S/C17H26FN3OS.HI/c1-4-19-17(21-7-8-23-16(11-21)12(2)3)20-10-13-5-6-15(22)14(18)9-13;/h5-6,9,12,16,22H,4,7-8,10-11H2,1-3H3,(H,19,20);1H. The number of rotatable bonds is 4. The van der Waals surface area contributed by atoms with Crippen LogP contribution in [0.3, 0.4) is 0 Å². The number of benzene rings is 1. The quantitative estimate of drug-likeness (QED) is 0.403. The number of nitrogens with zero attached hydrogens (tertiary/aromatic N) is 2. The summed E-state index contributed by atoms with van der Waals surface area (Å²) >= 11 is 2.03. The largest absolute Gasteiger partial charge is 0.505 e. The molecule has 2 rings (SSSR count). The molecule has 0 saturated carbocycles. The third-order valence-electron chi connectivity index (χ3n) is 3.89. The maximum absolute atomic E-state index is 13.4. The van der Waals surface area contributed by atoms with Crippen LogP contribution in [0.2, 0.25) is 0 Å². The third-order valence-corrected chi connectivity index (χ3v) is 5.43. The lowest BCUT2D eigenvalue weighted by Gasteiger charge is -2.36. The molecule has 0 spiro atoms. The molecule has 0 bridgehead atoms. The van der Waals surface area contributed by atoms with E-state index in [1.165, 1.54) is 12.1 Å². The molecule has 1 aromatic carbocycles. The van der Waals surface area contributed by atoms with Crippen molar-refractivity contribution in [3.8, 4) is 5.75 Å². The Morgan fingerprint density at radius 3 is 2.88 bits per heavy atom. The molecule has 1 unspecified atom stereocenters. The van der Waals surface area contributed by atoms with Crippen molar-refractivity contribution in [2.24, 2.45) is 10.9 Å². The van der Waals surface area contributed by atoms with Gasteiger partial charge in [0.2, 0.25) is 0 Å². The first kappa shape index (κ1) is 21.3. The first-order valence-electron chi connectivity index (χ1n) is 8.13. The molecule has 0 amide bonds. The number of guanidine groups is 1. The zero-order valence-electron chi connectivity index (χ0n) is 14.5. The van der Waals surface area contributed by atoms with E-state index in [4.69, 9.17) is 0 Å². The molecule has 0 aliphatic carbocycles. The van der Waals surface area contributed by atoms with E-state index < -0.39 is 5.82 Å². The normalized spacial score (nSPS) is 18.5. The van der Waals surface area contributed by atoms with Crippen LogP contribution in [0.1, 0.15) is 26.3 Å². The van der Waals surface area contributed by atoms with Crippen molar-refractivity contribution in [2.45, 2.75) is 32.6 Å². The lowest BCUT2D eigenvalue weighted by atomic mass is 10.1. The summed E-state index contributed by atoms with van der Waals surface area (Å²) in [6, 6.07) is 4.42. The molecule has 1 aliphatic rings. The number of halogens is 2. The van der Waals surface area contributed by atoms with Gasteiger partial charge in [0.25, 0.3) is 0 Å². The predicted octanol–water partition coefficient (Wildman–Crippen LogP) is 3.69. The van der Waals surface area contributed by atoms with Gasteiger partial charge in [-0.25, -0.2) is 9.38 Å². The third kappa shape index (κ3) is 5.98. The summed E-state index contributed by atoms with van der Waals surface area (Å²) in [4.78, 5) is 6.94. The summed E-state index contributed by atoms with van der Waals surface area (Å²) in [7, 11) is 0. The second kappa shape index (κ2) is 10.3. The molecule has 0 aromatic heterocycles. The second-order valence-electron chi connectivity index (χ2n) is 6.06. The highest BCUT2D eigenvalue weighted by molar-refractivity contribution is 14.0. The minimum absolute atomic E-state index is 0. The number of nitrogens with one attached hydrogen (secondary N) is 1. The number of phenolic OH excluding ortho intramolecular Hbond substituents is 1. The average molecular weight is 467 g/mol. The van der Waals surface area contributed by atoms with E-state index in [9.17, 15) is 9.50 Å². The summed E-state index contributed by atoms with van der Waals surface area (Å²) < 4.78 is 13.4. The monoisotopic (exact) mass is 467 g/mol. The van der Waals surface area contributed by atoms with Crippen LogP contribution in [-0.4, -0.2) is 46.6 Å². The number of aromatic hydroxyl groups is 1. The van der Waals surface area contributed by atoms with Crippen LogP contribution >= 0.6 is 35.7 Å². The van der Waals surface area contributed by atoms with E-state index in [-0.39, 0.29) is 29.7 Å². The summed E-state index contributed by atoms with van der Waals surface area (Å²) in [5.41, 5.74) is 0.752. The van der Waals surface area contributed by atoms with E-state index in [0.717, 1.165) is 36.9 Å². The highest BCUT2D eigenvalue weighted by Crippen LogP contribution is 2.25. The van der Waals surface area contributed by atoms with Crippen molar-refractivity contribution in [1.29, 1.82) is 0 Å². The first-order valence-corrected chi connectivity index (χ1v) is 9.18. The van der Waals surface area contributed by atoms with Crippen molar-refractivity contribution < 1.29 is 9.50 Å². The van der Waals surface area contributed by atoms with Crippen molar-refractivity contribution in [3.05, 3.63) is 29.6 Å². The minimum atomic E-state index is -0.600. The lowest BCUT2D eigenvalue weighted by Crippen LogP contribution is -2.49. The molecule has 1 heterocycles. The van der Waals surface area contributed by atoms with Gasteiger partial charge in [-0.3, -0.25) is 0 Å². The molecule has 1 aromatic rings. The number of thioether (sulfide) groups is 1. The van der Waals surface area contributed by atoms with Gasteiger partial charge in [0.15, 0.2) is 17.5 Å². The van der Waals surface area contributed by atoms with E-state index in [0.29, 0.717) is 17.7 Å². The highest BCUT2D eigenvalue weighted by atomic mass is 127. The molecule has 1 saturated heterocycles. The van der Waals surface area contributed by atoms with Gasteiger partial charge in [0.05, 0.1) is 6.54 Å². The van der Waals surface area contributed by atoms with Crippen LogP contribution in [0.15, 0.2) is 23.2 Å². The van der Waals surface area contributed by atoms with Gasteiger partial charge in [-0.15, -0.1) is 24.0 Å². The fraction of sp³-hybridized carbons (Fsp3) is 0.588. The number of hydrogen-bond donors (Lipinski definition) is 2. The maximum atomic E-state index is 13.4. The fourth-order valence-corrected chi connectivity index (χ4v) is 3.81.